The number of ether oxygens (including phenoxy) is 4. The van der Waals surface area contributed by atoms with Crippen molar-refractivity contribution < 1.29 is 38.4 Å². The maximum absolute atomic E-state index is 14.0. The monoisotopic (exact) mass is 821 g/mol. The first-order valence-corrected chi connectivity index (χ1v) is 20.5. The molecule has 1 saturated carbocycles. The lowest BCUT2D eigenvalue weighted by Crippen LogP contribution is -2.39. The van der Waals surface area contributed by atoms with Crippen molar-refractivity contribution in [2.75, 3.05) is 54.8 Å². The zero-order valence-electron chi connectivity index (χ0n) is 34.3. The highest BCUT2D eigenvalue weighted by Crippen LogP contribution is 2.43. The fourth-order valence-electron chi connectivity index (χ4n) is 8.51. The van der Waals surface area contributed by atoms with Crippen molar-refractivity contribution >= 4 is 51.9 Å². The van der Waals surface area contributed by atoms with Crippen LogP contribution in [0.1, 0.15) is 62.2 Å². The number of aliphatic imine (C=N–C) groups is 1. The number of rotatable bonds is 13. The molecule has 9 rings (SSSR count). The van der Waals surface area contributed by atoms with Crippen molar-refractivity contribution in [3.8, 4) is 23.0 Å². The second-order valence-corrected chi connectivity index (χ2v) is 15.9. The van der Waals surface area contributed by atoms with E-state index in [9.17, 15) is 19.5 Å². The molecule has 13 heteroatoms. The number of benzene rings is 5. The molecular weight excluding hydrogens is 775 g/mol. The van der Waals surface area contributed by atoms with E-state index in [2.05, 4.69) is 16.7 Å². The van der Waals surface area contributed by atoms with Crippen LogP contribution in [0.3, 0.4) is 0 Å². The molecule has 2 atom stereocenters. The van der Waals surface area contributed by atoms with Gasteiger partial charge in [-0.2, -0.15) is 0 Å². The van der Waals surface area contributed by atoms with Gasteiger partial charge >= 0.3 is 5.97 Å². The van der Waals surface area contributed by atoms with E-state index in [0.29, 0.717) is 70.9 Å². The van der Waals surface area contributed by atoms with Crippen molar-refractivity contribution in [1.82, 2.24) is 0 Å². The summed E-state index contributed by atoms with van der Waals surface area (Å²) in [7, 11) is 5.02. The van der Waals surface area contributed by atoms with Crippen LogP contribution < -0.4 is 39.4 Å². The van der Waals surface area contributed by atoms with Crippen molar-refractivity contribution in [2.24, 2.45) is 10.9 Å². The maximum Gasteiger partial charge on any atom is 0.303 e. The van der Waals surface area contributed by atoms with Gasteiger partial charge < -0.3 is 44.5 Å². The topological polar surface area (TPSA) is 151 Å². The summed E-state index contributed by atoms with van der Waals surface area (Å²) in [6, 6.07) is 28.9. The molecule has 3 aliphatic heterocycles. The van der Waals surface area contributed by atoms with E-state index in [-0.39, 0.29) is 37.5 Å². The molecule has 5 aromatic carbocycles. The molecule has 0 bridgehead atoms. The minimum atomic E-state index is -0.845. The van der Waals surface area contributed by atoms with Gasteiger partial charge in [-0.1, -0.05) is 36.4 Å². The Balaban J connectivity index is 0.977. The second-order valence-electron chi connectivity index (χ2n) is 15.9. The van der Waals surface area contributed by atoms with E-state index in [4.69, 9.17) is 23.9 Å². The molecule has 61 heavy (non-hydrogen) atoms. The number of carboxylic acid groups (broad SMARTS) is 1. The van der Waals surface area contributed by atoms with Crippen LogP contribution >= 0.6 is 0 Å². The third kappa shape index (κ3) is 8.15. The molecule has 13 nitrogen and oxygen atoms in total. The van der Waals surface area contributed by atoms with Crippen LogP contribution in [0.5, 0.6) is 23.0 Å². The first-order valence-electron chi connectivity index (χ1n) is 20.5. The smallest absolute Gasteiger partial charge is 0.303 e. The third-order valence-corrected chi connectivity index (χ3v) is 11.8. The average Bonchev–Trinajstić information content (AvgIpc) is 3.91. The minimum absolute atomic E-state index is 0.00971. The number of amides is 2. The highest BCUT2D eigenvalue weighted by molar-refractivity contribution is 6.13. The lowest BCUT2D eigenvalue weighted by molar-refractivity contribution is -0.137. The summed E-state index contributed by atoms with van der Waals surface area (Å²) < 4.78 is 24.5. The molecule has 0 unspecified atom stereocenters. The number of anilines is 4. The van der Waals surface area contributed by atoms with Crippen molar-refractivity contribution in [1.29, 1.82) is 0 Å². The molecule has 2 amide bonds. The molecule has 0 spiro atoms. The van der Waals surface area contributed by atoms with Gasteiger partial charge in [0.15, 0.2) is 23.0 Å². The predicted octanol–water partition coefficient (Wildman–Crippen LogP) is 8.06. The summed E-state index contributed by atoms with van der Waals surface area (Å²) >= 11 is 0. The molecule has 3 heterocycles. The Morgan fingerprint density at radius 1 is 0.803 bits per heavy atom. The molecule has 0 saturated heterocycles. The van der Waals surface area contributed by atoms with Crippen LogP contribution in [0.2, 0.25) is 0 Å². The normalized spacial score (nSPS) is 17.0. The molecule has 4 aliphatic rings. The van der Waals surface area contributed by atoms with Gasteiger partial charge in [-0.05, 0) is 90.4 Å². The standard InChI is InChI=1S/C48H47N5O8/c1-52(14-8-13-46(54)55)33-16-28(26-60-44-23-39-36(22-43(44)59-3)48(57)53-34(25-49-39)19-31-10-5-7-12-41(31)53)15-29(17-33)27-61-45-24-40-35(21-42(45)58-2)47(56)51-37-11-6-4-9-30(37)18-32-20-38(32)50-40/h4-7,9-12,15-17,21-24,32,34,49H,8,13-14,18-20,25-27H2,1-3H3,(H,51,56)(H,54,55)/t32-,34+/m1/s1. The number of nitrogens with zero attached hydrogens (tertiary/aromatic N) is 3. The van der Waals surface area contributed by atoms with Crippen LogP contribution in [0.25, 0.3) is 0 Å². The molecule has 0 radical (unpaired) electrons. The zero-order valence-corrected chi connectivity index (χ0v) is 34.3. The van der Waals surface area contributed by atoms with E-state index < -0.39 is 5.97 Å². The average molecular weight is 822 g/mol. The van der Waals surface area contributed by atoms with Crippen molar-refractivity contribution in [3.63, 3.8) is 0 Å². The number of aliphatic carboxylic acids is 1. The Morgan fingerprint density at radius 3 is 2.23 bits per heavy atom. The van der Waals surface area contributed by atoms with E-state index in [0.717, 1.165) is 64.3 Å². The lowest BCUT2D eigenvalue weighted by atomic mass is 10.0. The van der Waals surface area contributed by atoms with Crippen LogP contribution in [-0.2, 0) is 30.8 Å². The summed E-state index contributed by atoms with van der Waals surface area (Å²) in [5, 5.41) is 15.9. The van der Waals surface area contributed by atoms with E-state index in [1.54, 1.807) is 25.3 Å². The zero-order chi connectivity index (χ0) is 42.2. The van der Waals surface area contributed by atoms with Crippen LogP contribution in [0.4, 0.5) is 28.4 Å². The van der Waals surface area contributed by atoms with Gasteiger partial charge in [0.25, 0.3) is 11.8 Å². The SMILES string of the molecule is COc1cc2c(cc1OCc1cc(COc3cc4c(cc3OC)C(=O)N3c5ccccc5C[C@H]3CN4)cc(N(C)CCCC(=O)O)c1)N=C1C[C@H]1Cc1ccccc1NC2=O. The number of carboxylic acids is 1. The van der Waals surface area contributed by atoms with Gasteiger partial charge in [0, 0.05) is 67.4 Å². The van der Waals surface area contributed by atoms with Crippen LogP contribution in [0, 0.1) is 5.92 Å². The van der Waals surface area contributed by atoms with Crippen molar-refractivity contribution in [2.45, 2.75) is 51.4 Å². The van der Waals surface area contributed by atoms with Gasteiger partial charge in [-0.25, -0.2) is 0 Å². The molecule has 312 valence electrons. The van der Waals surface area contributed by atoms with Gasteiger partial charge in [0.1, 0.15) is 13.2 Å². The van der Waals surface area contributed by atoms with E-state index in [1.807, 2.05) is 83.6 Å². The van der Waals surface area contributed by atoms with Crippen LogP contribution in [0.15, 0.2) is 96.0 Å². The summed E-state index contributed by atoms with van der Waals surface area (Å²) in [5.74, 6) is 0.838. The maximum atomic E-state index is 14.0. The lowest BCUT2D eigenvalue weighted by Gasteiger charge is -2.23. The second kappa shape index (κ2) is 16.6. The first-order chi connectivity index (χ1) is 29.6. The number of carbonyl (C=O) groups is 3. The van der Waals surface area contributed by atoms with Crippen LogP contribution in [-0.4, -0.2) is 69.0 Å². The minimum Gasteiger partial charge on any atom is -0.493 e. The predicted molar refractivity (Wildman–Crippen MR) is 234 cm³/mol. The fourth-order valence-corrected chi connectivity index (χ4v) is 8.51. The van der Waals surface area contributed by atoms with Gasteiger partial charge in [0.2, 0.25) is 0 Å². The number of para-hydroxylation sites is 2. The quantitative estimate of drug-likeness (QED) is 0.106. The summed E-state index contributed by atoms with van der Waals surface area (Å²) in [5.41, 5.74) is 9.62. The number of nitrogens with one attached hydrogen (secondary N) is 2. The largest absolute Gasteiger partial charge is 0.493 e. The molecule has 1 fully saturated rings. The molecular formula is C48H47N5O8. The van der Waals surface area contributed by atoms with Gasteiger partial charge in [-0.3, -0.25) is 19.4 Å². The van der Waals surface area contributed by atoms with Gasteiger partial charge in [0.05, 0.1) is 42.8 Å². The summed E-state index contributed by atoms with van der Waals surface area (Å²) in [4.78, 5) is 47.8. The Hall–Kier alpha value is -7.02. The highest BCUT2D eigenvalue weighted by atomic mass is 16.5. The Kier molecular flexibility index (Phi) is 10.7. The van der Waals surface area contributed by atoms with E-state index in [1.165, 1.54) is 7.11 Å². The molecule has 0 aromatic heterocycles. The first kappa shape index (κ1) is 39.4. The number of hydrogen-bond donors (Lipinski definition) is 3. The van der Waals surface area contributed by atoms with E-state index >= 15 is 0 Å². The fraction of sp³-hybridized carbons (Fsp3) is 0.292. The highest BCUT2D eigenvalue weighted by Gasteiger charge is 2.38. The molecule has 3 N–H and O–H groups in total. The van der Waals surface area contributed by atoms with Crippen molar-refractivity contribution in [3.05, 3.63) is 124 Å². The summed E-state index contributed by atoms with van der Waals surface area (Å²) in [6.45, 7) is 1.41. The number of methoxy groups -OCH3 is 2. The Morgan fingerprint density at radius 2 is 1.49 bits per heavy atom. The third-order valence-electron chi connectivity index (χ3n) is 11.8. The number of fused-ring (bicyclic) bond motifs is 7. The Labute approximate surface area is 353 Å². The molecule has 5 aromatic rings. The summed E-state index contributed by atoms with van der Waals surface area (Å²) in [6.07, 6.45) is 2.97. The number of hydrogen-bond acceptors (Lipinski definition) is 10. The molecule has 1 aliphatic carbocycles. The number of carbonyl (C=O) groups excluding carboxylic acids is 2. The Bertz CT molecular complexity index is 2590. The van der Waals surface area contributed by atoms with Gasteiger partial charge in [-0.15, -0.1) is 0 Å².